The van der Waals surface area contributed by atoms with E-state index in [2.05, 4.69) is 10.3 Å². The van der Waals surface area contributed by atoms with Gasteiger partial charge in [-0.3, -0.25) is 9.36 Å². The van der Waals surface area contributed by atoms with Crippen molar-refractivity contribution in [2.45, 2.75) is 29.8 Å². The minimum Gasteiger partial charge on any atom is -0.325 e. The highest BCUT2D eigenvalue weighted by Gasteiger charge is 2.27. The molecule has 2 heterocycles. The van der Waals surface area contributed by atoms with E-state index in [0.717, 1.165) is 29.2 Å². The van der Waals surface area contributed by atoms with Crippen LogP contribution in [0.3, 0.4) is 0 Å². The number of hydrogen-bond donors (Lipinski definition) is 1. The molecule has 0 radical (unpaired) electrons. The zero-order valence-corrected chi connectivity index (χ0v) is 18.8. The Morgan fingerprint density at radius 2 is 1.90 bits per heavy atom. The number of carbonyl (C=O) groups excluding carboxylic acids is 1. The summed E-state index contributed by atoms with van der Waals surface area (Å²) >= 11 is 1.33. The highest BCUT2D eigenvalue weighted by Crippen LogP contribution is 2.25. The third kappa shape index (κ3) is 4.84. The lowest BCUT2D eigenvalue weighted by atomic mass is 10.2. The first-order valence-electron chi connectivity index (χ1n) is 10.1. The molecule has 2 aromatic carbocycles. The van der Waals surface area contributed by atoms with Crippen LogP contribution in [-0.2, 0) is 14.8 Å². The van der Waals surface area contributed by atoms with Gasteiger partial charge in [0.25, 0.3) is 0 Å². The maximum atomic E-state index is 12.8. The fourth-order valence-corrected chi connectivity index (χ4v) is 5.88. The number of para-hydroxylation sites is 1. The van der Waals surface area contributed by atoms with Gasteiger partial charge < -0.3 is 5.32 Å². The van der Waals surface area contributed by atoms with Crippen molar-refractivity contribution in [3.8, 4) is 5.69 Å². The molecule has 1 saturated heterocycles. The SMILES string of the molecule is Cc1ccccc1-n1ccnc1SCC(=O)Nc1cccc(S(=O)(=O)N2CCCC2)c1. The van der Waals surface area contributed by atoms with Gasteiger partial charge in [0.05, 0.1) is 16.3 Å². The molecular formula is C22H24N4O3S2. The summed E-state index contributed by atoms with van der Waals surface area (Å²) in [5.41, 5.74) is 2.60. The Kier molecular flexibility index (Phi) is 6.45. The van der Waals surface area contributed by atoms with Crippen molar-refractivity contribution >= 4 is 33.4 Å². The summed E-state index contributed by atoms with van der Waals surface area (Å²) in [5.74, 6) is -0.0634. The summed E-state index contributed by atoms with van der Waals surface area (Å²) < 4.78 is 29.0. The van der Waals surface area contributed by atoms with Gasteiger partial charge in [-0.1, -0.05) is 36.0 Å². The van der Waals surface area contributed by atoms with E-state index >= 15 is 0 Å². The first kappa shape index (κ1) is 21.6. The number of thioether (sulfide) groups is 1. The molecule has 0 aliphatic carbocycles. The van der Waals surface area contributed by atoms with E-state index in [9.17, 15) is 13.2 Å². The number of benzene rings is 2. The van der Waals surface area contributed by atoms with Crippen LogP contribution in [0, 0.1) is 6.92 Å². The van der Waals surface area contributed by atoms with Crippen LogP contribution >= 0.6 is 11.8 Å². The number of imidazole rings is 1. The van der Waals surface area contributed by atoms with Crippen molar-refractivity contribution in [2.24, 2.45) is 0 Å². The summed E-state index contributed by atoms with van der Waals surface area (Å²) in [4.78, 5) is 17.1. The van der Waals surface area contributed by atoms with Gasteiger partial charge in [0, 0.05) is 31.2 Å². The third-order valence-electron chi connectivity index (χ3n) is 5.13. The molecule has 1 aliphatic rings. The van der Waals surface area contributed by atoms with Gasteiger partial charge in [0.15, 0.2) is 5.16 Å². The zero-order chi connectivity index (χ0) is 21.8. The van der Waals surface area contributed by atoms with E-state index in [0.29, 0.717) is 18.8 Å². The normalized spacial score (nSPS) is 14.6. The van der Waals surface area contributed by atoms with Gasteiger partial charge in [-0.15, -0.1) is 0 Å². The van der Waals surface area contributed by atoms with Crippen molar-refractivity contribution in [1.82, 2.24) is 13.9 Å². The van der Waals surface area contributed by atoms with Gasteiger partial charge in [0.2, 0.25) is 15.9 Å². The maximum absolute atomic E-state index is 12.8. The van der Waals surface area contributed by atoms with Crippen molar-refractivity contribution in [3.63, 3.8) is 0 Å². The minimum atomic E-state index is -3.52. The highest BCUT2D eigenvalue weighted by molar-refractivity contribution is 7.99. The smallest absolute Gasteiger partial charge is 0.243 e. The first-order valence-corrected chi connectivity index (χ1v) is 12.5. The Hall–Kier alpha value is -2.62. The molecule has 0 saturated carbocycles. The molecule has 162 valence electrons. The van der Waals surface area contributed by atoms with Crippen LogP contribution in [0.1, 0.15) is 18.4 Å². The van der Waals surface area contributed by atoms with Gasteiger partial charge in [-0.2, -0.15) is 4.31 Å². The molecule has 0 spiro atoms. The zero-order valence-electron chi connectivity index (χ0n) is 17.2. The fraction of sp³-hybridized carbons (Fsp3) is 0.273. The Morgan fingerprint density at radius 1 is 1.13 bits per heavy atom. The number of sulfonamides is 1. The number of aromatic nitrogens is 2. The van der Waals surface area contributed by atoms with Crippen LogP contribution in [0.25, 0.3) is 5.69 Å². The van der Waals surface area contributed by atoms with Crippen molar-refractivity contribution in [1.29, 1.82) is 0 Å². The quantitative estimate of drug-likeness (QED) is 0.548. The van der Waals surface area contributed by atoms with Crippen molar-refractivity contribution in [2.75, 3.05) is 24.2 Å². The molecule has 3 aromatic rings. The molecule has 1 aliphatic heterocycles. The lowest BCUT2D eigenvalue weighted by molar-refractivity contribution is -0.113. The van der Waals surface area contributed by atoms with E-state index in [1.54, 1.807) is 24.4 Å². The molecule has 1 amide bonds. The maximum Gasteiger partial charge on any atom is 0.243 e. The molecule has 1 fully saturated rings. The number of amides is 1. The lowest BCUT2D eigenvalue weighted by Gasteiger charge is -2.16. The molecule has 0 bridgehead atoms. The van der Waals surface area contributed by atoms with Crippen LogP contribution in [0.4, 0.5) is 5.69 Å². The minimum absolute atomic E-state index is 0.159. The number of nitrogens with zero attached hydrogens (tertiary/aromatic N) is 3. The monoisotopic (exact) mass is 456 g/mol. The number of aryl methyl sites for hydroxylation is 1. The van der Waals surface area contributed by atoms with Crippen LogP contribution in [0.2, 0.25) is 0 Å². The Balaban J connectivity index is 1.42. The molecular weight excluding hydrogens is 432 g/mol. The van der Waals surface area contributed by atoms with Crippen LogP contribution in [0.5, 0.6) is 0 Å². The second kappa shape index (κ2) is 9.25. The summed E-state index contributed by atoms with van der Waals surface area (Å²) in [6.07, 6.45) is 5.34. The number of anilines is 1. The Bertz CT molecular complexity index is 1180. The van der Waals surface area contributed by atoms with Gasteiger partial charge in [-0.25, -0.2) is 13.4 Å². The molecule has 0 atom stereocenters. The highest BCUT2D eigenvalue weighted by atomic mass is 32.2. The molecule has 1 aromatic heterocycles. The number of carbonyl (C=O) groups is 1. The average molecular weight is 457 g/mol. The van der Waals surface area contributed by atoms with Gasteiger partial charge in [-0.05, 0) is 49.6 Å². The molecule has 31 heavy (non-hydrogen) atoms. The summed E-state index contributed by atoms with van der Waals surface area (Å²) in [6, 6.07) is 14.4. The average Bonchev–Trinajstić information content (AvgIpc) is 3.45. The number of rotatable bonds is 7. The lowest BCUT2D eigenvalue weighted by Crippen LogP contribution is -2.28. The van der Waals surface area contributed by atoms with E-state index in [1.807, 2.05) is 42.0 Å². The second-order valence-corrected chi connectivity index (χ2v) is 10.2. The van der Waals surface area contributed by atoms with Gasteiger partial charge >= 0.3 is 0 Å². The first-order chi connectivity index (χ1) is 14.9. The van der Waals surface area contributed by atoms with Crippen molar-refractivity contribution < 1.29 is 13.2 Å². The molecule has 1 N–H and O–H groups in total. The molecule has 0 unspecified atom stereocenters. The van der Waals surface area contributed by atoms with E-state index < -0.39 is 10.0 Å². The van der Waals surface area contributed by atoms with Crippen LogP contribution < -0.4 is 5.32 Å². The van der Waals surface area contributed by atoms with E-state index in [1.165, 1.54) is 22.1 Å². The fourth-order valence-electron chi connectivity index (χ4n) is 3.55. The third-order valence-corrected chi connectivity index (χ3v) is 8.00. The van der Waals surface area contributed by atoms with E-state index in [-0.39, 0.29) is 16.6 Å². The van der Waals surface area contributed by atoms with Crippen molar-refractivity contribution in [3.05, 3.63) is 66.5 Å². The summed E-state index contributed by atoms with van der Waals surface area (Å²) in [5, 5.41) is 3.52. The summed E-state index contributed by atoms with van der Waals surface area (Å²) in [7, 11) is -3.52. The standard InChI is InChI=1S/C22H24N4O3S2/c1-17-7-2-3-10-20(17)26-14-11-23-22(26)30-16-21(27)24-18-8-6-9-19(15-18)31(28,29)25-12-4-5-13-25/h2-3,6-11,14-15H,4-5,12-13,16H2,1H3,(H,24,27). The number of hydrogen-bond acceptors (Lipinski definition) is 5. The topological polar surface area (TPSA) is 84.3 Å². The summed E-state index contributed by atoms with van der Waals surface area (Å²) in [6.45, 7) is 3.12. The second-order valence-electron chi connectivity index (χ2n) is 7.34. The predicted octanol–water partition coefficient (Wildman–Crippen LogP) is 3.70. The molecule has 7 nitrogen and oxygen atoms in total. The molecule has 4 rings (SSSR count). The van der Waals surface area contributed by atoms with E-state index in [4.69, 9.17) is 0 Å². The largest absolute Gasteiger partial charge is 0.325 e. The van der Waals surface area contributed by atoms with Crippen LogP contribution in [0.15, 0.2) is 71.0 Å². The number of nitrogens with one attached hydrogen (secondary N) is 1. The predicted molar refractivity (Wildman–Crippen MR) is 122 cm³/mol. The molecule has 9 heteroatoms. The van der Waals surface area contributed by atoms with Gasteiger partial charge in [0.1, 0.15) is 0 Å². The Morgan fingerprint density at radius 3 is 2.68 bits per heavy atom. The Labute approximate surface area is 186 Å². The van der Waals surface area contributed by atoms with Crippen LogP contribution in [-0.4, -0.2) is 47.0 Å².